The van der Waals surface area contributed by atoms with E-state index in [1.807, 2.05) is 0 Å². The molecular formula is C25H45NO2Si. The van der Waals surface area contributed by atoms with E-state index in [2.05, 4.69) is 40.4 Å². The van der Waals surface area contributed by atoms with E-state index in [0.717, 1.165) is 23.7 Å². The van der Waals surface area contributed by atoms with Crippen molar-refractivity contribution in [1.29, 1.82) is 0 Å². The minimum atomic E-state index is -1.47. The maximum Gasteiger partial charge on any atom is 0.184 e. The SMILES string of the molecule is CC[C@H]1CCC2C3CC[C@@H]4C[C@@H](O[Si](C)(C)C)CC[C@]4(C)C3C(=NOC)C[C@@]21C. The Labute approximate surface area is 180 Å². The second-order valence-corrected chi connectivity index (χ2v) is 16.7. The van der Waals surface area contributed by atoms with E-state index in [9.17, 15) is 0 Å². The van der Waals surface area contributed by atoms with Crippen LogP contribution in [0.25, 0.3) is 0 Å². The third-order valence-electron chi connectivity index (χ3n) is 9.74. The molecule has 0 bridgehead atoms. The zero-order chi connectivity index (χ0) is 21.0. The van der Waals surface area contributed by atoms with Gasteiger partial charge in [-0.05, 0) is 106 Å². The van der Waals surface area contributed by atoms with Crippen LogP contribution in [0.3, 0.4) is 0 Å². The van der Waals surface area contributed by atoms with Gasteiger partial charge in [-0.2, -0.15) is 0 Å². The van der Waals surface area contributed by atoms with Crippen molar-refractivity contribution in [2.45, 2.75) is 104 Å². The Morgan fingerprint density at radius 1 is 1.03 bits per heavy atom. The average molecular weight is 420 g/mol. The Morgan fingerprint density at radius 3 is 2.45 bits per heavy atom. The van der Waals surface area contributed by atoms with Crippen LogP contribution in [0.4, 0.5) is 0 Å². The van der Waals surface area contributed by atoms with Gasteiger partial charge in [0.2, 0.25) is 0 Å². The highest BCUT2D eigenvalue weighted by molar-refractivity contribution is 6.69. The lowest BCUT2D eigenvalue weighted by Gasteiger charge is -2.61. The molecule has 166 valence electrons. The number of nitrogens with zero attached hydrogens (tertiary/aromatic N) is 1. The zero-order valence-corrected chi connectivity index (χ0v) is 21.1. The predicted molar refractivity (Wildman–Crippen MR) is 124 cm³/mol. The normalized spacial score (nSPS) is 48.7. The molecule has 0 saturated heterocycles. The molecule has 4 aliphatic rings. The van der Waals surface area contributed by atoms with Crippen molar-refractivity contribution < 1.29 is 9.26 Å². The zero-order valence-electron chi connectivity index (χ0n) is 20.1. The highest BCUT2D eigenvalue weighted by atomic mass is 28.4. The standard InChI is InChI=1S/C25H45NO2Si/c1-8-17-10-12-21-20-11-9-18-15-19(28-29(5,6)7)13-14-24(18,2)23(20)22(26-27-4)16-25(17,21)3/h17-21,23H,8-16H2,1-7H3/t17-,18+,19-,20?,21?,23?,24-,25+/m0/s1. The van der Waals surface area contributed by atoms with Crippen LogP contribution in [-0.4, -0.2) is 27.2 Å². The summed E-state index contributed by atoms with van der Waals surface area (Å²) in [5.41, 5.74) is 2.23. The van der Waals surface area contributed by atoms with Gasteiger partial charge in [-0.1, -0.05) is 32.3 Å². The van der Waals surface area contributed by atoms with Crippen molar-refractivity contribution in [2.24, 2.45) is 45.6 Å². The molecule has 8 atom stereocenters. The van der Waals surface area contributed by atoms with E-state index in [1.165, 1.54) is 63.5 Å². The molecule has 4 saturated carbocycles. The van der Waals surface area contributed by atoms with Gasteiger partial charge in [0.15, 0.2) is 8.32 Å². The molecule has 3 unspecified atom stereocenters. The summed E-state index contributed by atoms with van der Waals surface area (Å²) in [7, 11) is 0.284. The van der Waals surface area contributed by atoms with Gasteiger partial charge in [0.1, 0.15) is 7.11 Å². The number of rotatable bonds is 4. The van der Waals surface area contributed by atoms with Crippen LogP contribution in [0, 0.1) is 40.4 Å². The lowest BCUT2D eigenvalue weighted by atomic mass is 9.44. The first-order valence-corrected chi connectivity index (χ1v) is 15.8. The molecule has 0 aliphatic heterocycles. The monoisotopic (exact) mass is 419 g/mol. The van der Waals surface area contributed by atoms with E-state index in [1.54, 1.807) is 7.11 Å². The fourth-order valence-electron chi connectivity index (χ4n) is 8.65. The van der Waals surface area contributed by atoms with Crippen LogP contribution in [-0.2, 0) is 9.26 Å². The van der Waals surface area contributed by atoms with Gasteiger partial charge in [0, 0.05) is 12.0 Å². The Kier molecular flexibility index (Phi) is 5.77. The van der Waals surface area contributed by atoms with Crippen molar-refractivity contribution >= 4 is 14.0 Å². The number of fused-ring (bicyclic) bond motifs is 5. The average Bonchev–Trinajstić information content (AvgIpc) is 2.96. The lowest BCUT2D eigenvalue weighted by Crippen LogP contribution is -2.58. The van der Waals surface area contributed by atoms with Crippen molar-refractivity contribution in [3.05, 3.63) is 0 Å². The Hall–Kier alpha value is -0.353. The van der Waals surface area contributed by atoms with Crippen LogP contribution >= 0.6 is 0 Å². The number of hydrogen-bond donors (Lipinski definition) is 0. The summed E-state index contributed by atoms with van der Waals surface area (Å²) < 4.78 is 6.58. The molecule has 3 nitrogen and oxygen atoms in total. The van der Waals surface area contributed by atoms with E-state index in [4.69, 9.17) is 14.4 Å². The van der Waals surface area contributed by atoms with E-state index in [0.29, 0.717) is 22.9 Å². The Bertz CT molecular complexity index is 643. The maximum absolute atomic E-state index is 6.58. The topological polar surface area (TPSA) is 30.8 Å². The summed E-state index contributed by atoms with van der Waals surface area (Å²) in [5, 5.41) is 4.75. The van der Waals surface area contributed by atoms with Gasteiger partial charge < -0.3 is 9.26 Å². The molecule has 4 heteroatoms. The molecule has 4 aliphatic carbocycles. The third kappa shape index (κ3) is 3.64. The molecule has 0 spiro atoms. The van der Waals surface area contributed by atoms with Gasteiger partial charge in [0.25, 0.3) is 0 Å². The van der Waals surface area contributed by atoms with Crippen molar-refractivity contribution in [3.63, 3.8) is 0 Å². The summed E-state index contributed by atoms with van der Waals surface area (Å²) in [6.07, 6.45) is 12.4. The number of oxime groups is 1. The smallest absolute Gasteiger partial charge is 0.184 e. The molecule has 0 aromatic heterocycles. The highest BCUT2D eigenvalue weighted by Gasteiger charge is 2.62. The first kappa shape index (κ1) is 21.9. The van der Waals surface area contributed by atoms with Gasteiger partial charge in [-0.15, -0.1) is 0 Å². The van der Waals surface area contributed by atoms with Crippen LogP contribution in [0.5, 0.6) is 0 Å². The summed E-state index contributed by atoms with van der Waals surface area (Å²) in [4.78, 5) is 5.47. The minimum absolute atomic E-state index is 0.380. The second kappa shape index (κ2) is 7.65. The first-order chi connectivity index (χ1) is 13.6. The van der Waals surface area contributed by atoms with Crippen LogP contribution in [0.2, 0.25) is 19.6 Å². The summed E-state index contributed by atoms with van der Waals surface area (Å²) in [6.45, 7) is 14.6. The van der Waals surface area contributed by atoms with Gasteiger partial charge in [-0.3, -0.25) is 0 Å². The summed E-state index contributed by atoms with van der Waals surface area (Å²) in [6, 6.07) is 0. The van der Waals surface area contributed by atoms with Crippen LogP contribution < -0.4 is 0 Å². The molecule has 0 heterocycles. The molecule has 29 heavy (non-hydrogen) atoms. The molecule has 4 rings (SSSR count). The largest absolute Gasteiger partial charge is 0.415 e. The van der Waals surface area contributed by atoms with E-state index in [-0.39, 0.29) is 0 Å². The van der Waals surface area contributed by atoms with E-state index >= 15 is 0 Å². The molecule has 4 fully saturated rings. The molecule has 0 amide bonds. The fourth-order valence-corrected chi connectivity index (χ4v) is 9.87. The van der Waals surface area contributed by atoms with Crippen molar-refractivity contribution in [1.82, 2.24) is 0 Å². The van der Waals surface area contributed by atoms with E-state index < -0.39 is 8.32 Å². The highest BCUT2D eigenvalue weighted by Crippen LogP contribution is 2.67. The minimum Gasteiger partial charge on any atom is -0.415 e. The Balaban J connectivity index is 1.63. The van der Waals surface area contributed by atoms with Gasteiger partial charge >= 0.3 is 0 Å². The molecule has 0 radical (unpaired) electrons. The quantitative estimate of drug-likeness (QED) is 0.367. The maximum atomic E-state index is 6.58. The molecular weight excluding hydrogens is 374 g/mol. The fraction of sp³-hybridized carbons (Fsp3) is 0.960. The third-order valence-corrected chi connectivity index (χ3v) is 10.8. The van der Waals surface area contributed by atoms with Crippen LogP contribution in [0.15, 0.2) is 5.16 Å². The summed E-state index contributed by atoms with van der Waals surface area (Å²) in [5.74, 6) is 3.98. The number of hydrogen-bond acceptors (Lipinski definition) is 3. The van der Waals surface area contributed by atoms with Gasteiger partial charge in [-0.25, -0.2) is 0 Å². The van der Waals surface area contributed by atoms with Crippen LogP contribution in [0.1, 0.15) is 78.6 Å². The van der Waals surface area contributed by atoms with Crippen molar-refractivity contribution in [2.75, 3.05) is 7.11 Å². The first-order valence-electron chi connectivity index (χ1n) is 12.4. The summed E-state index contributed by atoms with van der Waals surface area (Å²) >= 11 is 0. The van der Waals surface area contributed by atoms with Gasteiger partial charge in [0.05, 0.1) is 5.71 Å². The molecule has 0 aromatic carbocycles. The predicted octanol–water partition coefficient (Wildman–Crippen LogP) is 6.89. The molecule has 0 N–H and O–H groups in total. The lowest BCUT2D eigenvalue weighted by molar-refractivity contribution is -0.0816. The second-order valence-electron chi connectivity index (χ2n) is 12.3. The Morgan fingerprint density at radius 2 is 1.79 bits per heavy atom. The molecule has 0 aromatic rings. The van der Waals surface area contributed by atoms with Crippen molar-refractivity contribution in [3.8, 4) is 0 Å².